The molecule has 24 heavy (non-hydrogen) atoms. The van der Waals surface area contributed by atoms with Gasteiger partial charge in [-0.25, -0.2) is 19.4 Å². The van der Waals surface area contributed by atoms with E-state index in [1.807, 2.05) is 13.8 Å². The molecule has 0 saturated carbocycles. The van der Waals surface area contributed by atoms with E-state index in [-0.39, 0.29) is 5.56 Å². The van der Waals surface area contributed by atoms with E-state index in [1.165, 1.54) is 30.5 Å². The van der Waals surface area contributed by atoms with Gasteiger partial charge in [0.25, 0.3) is 5.78 Å². The third-order valence-electron chi connectivity index (χ3n) is 3.14. The maximum atomic E-state index is 11.8. The Morgan fingerprint density at radius 1 is 1.29 bits per heavy atom. The lowest BCUT2D eigenvalue weighted by molar-refractivity contribution is -0.131. The summed E-state index contributed by atoms with van der Waals surface area (Å²) >= 11 is 0. The van der Waals surface area contributed by atoms with Crippen molar-refractivity contribution in [2.45, 2.75) is 20.8 Å². The molecule has 0 atom stereocenters. The minimum Gasteiger partial charge on any atom is -0.494 e. The molecule has 9 heteroatoms. The molecule has 0 fully saturated rings. The fraction of sp³-hybridized carbons (Fsp3) is 0.267. The maximum absolute atomic E-state index is 11.8. The highest BCUT2D eigenvalue weighted by molar-refractivity contribution is 6.42. The van der Waals surface area contributed by atoms with Crippen molar-refractivity contribution in [1.29, 1.82) is 0 Å². The number of carboxylic acids is 1. The summed E-state index contributed by atoms with van der Waals surface area (Å²) in [5.74, 6) is -1.34. The smallest absolute Gasteiger partial charge is 0.377 e. The topological polar surface area (TPSA) is 123 Å². The van der Waals surface area contributed by atoms with Crippen LogP contribution in [0, 0.1) is 6.92 Å². The first-order chi connectivity index (χ1) is 11.5. The number of hydrogen-bond donors (Lipinski definition) is 2. The Bertz CT molecular complexity index is 897. The van der Waals surface area contributed by atoms with Crippen LogP contribution in [0.25, 0.3) is 16.7 Å². The van der Waals surface area contributed by atoms with Gasteiger partial charge >= 0.3 is 5.97 Å². The summed E-state index contributed by atoms with van der Waals surface area (Å²) in [6.45, 7) is 5.73. The second-order valence-electron chi connectivity index (χ2n) is 4.47. The predicted molar refractivity (Wildman–Crippen MR) is 85.6 cm³/mol. The molecular weight excluding hydrogens is 314 g/mol. The lowest BCUT2D eigenvalue weighted by Crippen LogP contribution is -2.12. The Hall–Kier alpha value is -3.23. The number of aliphatic carboxylic acids is 1. The molecule has 3 heterocycles. The van der Waals surface area contributed by atoms with Crippen LogP contribution in [-0.2, 0) is 4.79 Å². The van der Waals surface area contributed by atoms with Crippen molar-refractivity contribution in [2.24, 2.45) is 0 Å². The summed E-state index contributed by atoms with van der Waals surface area (Å²) in [7, 11) is 1.41. The largest absolute Gasteiger partial charge is 0.494 e. The fourth-order valence-corrected chi connectivity index (χ4v) is 2.18. The minimum absolute atomic E-state index is 0.000151. The number of aromatic nitrogens is 5. The van der Waals surface area contributed by atoms with Gasteiger partial charge in [0, 0.05) is 6.20 Å². The second-order valence-corrected chi connectivity index (χ2v) is 4.47. The van der Waals surface area contributed by atoms with Crippen LogP contribution in [0.1, 0.15) is 30.0 Å². The third kappa shape index (κ3) is 2.83. The number of fused-ring (bicyclic) bond motifs is 1. The summed E-state index contributed by atoms with van der Waals surface area (Å²) in [6, 6.07) is 0. The highest BCUT2D eigenvalue weighted by atomic mass is 16.5. The van der Waals surface area contributed by atoms with Gasteiger partial charge in [-0.3, -0.25) is 4.79 Å². The number of aromatic amines is 1. The second kappa shape index (κ2) is 6.90. The molecule has 3 rings (SSSR count). The SMILES string of the molecule is CC.COc1cnc(-n2cnc(C)n2)c2[nH]cc(C(=O)C(=O)O)c12. The number of hydrogen-bond acceptors (Lipinski definition) is 6. The monoisotopic (exact) mass is 331 g/mol. The first kappa shape index (κ1) is 17.1. The number of ketones is 1. The molecule has 0 saturated heterocycles. The van der Waals surface area contributed by atoms with E-state index in [0.29, 0.717) is 28.3 Å². The molecule has 3 aromatic rings. The van der Waals surface area contributed by atoms with E-state index in [4.69, 9.17) is 9.84 Å². The van der Waals surface area contributed by atoms with Crippen molar-refractivity contribution < 1.29 is 19.4 Å². The van der Waals surface area contributed by atoms with Crippen LogP contribution >= 0.6 is 0 Å². The highest BCUT2D eigenvalue weighted by Crippen LogP contribution is 2.31. The lowest BCUT2D eigenvalue weighted by Gasteiger charge is -2.06. The van der Waals surface area contributed by atoms with E-state index >= 15 is 0 Å². The summed E-state index contributed by atoms with van der Waals surface area (Å²) in [5, 5.41) is 13.4. The van der Waals surface area contributed by atoms with Crippen LogP contribution in [0.15, 0.2) is 18.7 Å². The number of nitrogens with zero attached hydrogens (tertiary/aromatic N) is 4. The van der Waals surface area contributed by atoms with Crippen molar-refractivity contribution in [2.75, 3.05) is 7.11 Å². The molecule has 0 radical (unpaired) electrons. The van der Waals surface area contributed by atoms with Crippen LogP contribution < -0.4 is 4.74 Å². The quantitative estimate of drug-likeness (QED) is 0.551. The molecule has 0 amide bonds. The van der Waals surface area contributed by atoms with Crippen molar-refractivity contribution in [3.8, 4) is 11.6 Å². The molecule has 0 aromatic carbocycles. The number of carboxylic acid groups (broad SMARTS) is 1. The standard InChI is InChI=1S/C13H11N5O4.C2H6/c1-6-16-5-18(17-6)12-10-9(8(22-2)4-15-12)7(3-14-10)11(19)13(20)21;1-2/h3-5,14H,1-2H3,(H,20,21);1-2H3. The summed E-state index contributed by atoms with van der Waals surface area (Å²) < 4.78 is 6.61. The summed E-state index contributed by atoms with van der Waals surface area (Å²) in [4.78, 5) is 33.9. The molecule has 0 aliphatic heterocycles. The average molecular weight is 331 g/mol. The number of pyridine rings is 1. The molecule has 0 unspecified atom stereocenters. The molecular formula is C15H17N5O4. The molecule has 0 aliphatic carbocycles. The highest BCUT2D eigenvalue weighted by Gasteiger charge is 2.24. The third-order valence-corrected chi connectivity index (χ3v) is 3.14. The number of ether oxygens (including phenoxy) is 1. The van der Waals surface area contributed by atoms with Crippen LogP contribution in [0.2, 0.25) is 0 Å². The molecule has 126 valence electrons. The van der Waals surface area contributed by atoms with Gasteiger partial charge in [0.15, 0.2) is 5.82 Å². The van der Waals surface area contributed by atoms with Gasteiger partial charge in [-0.1, -0.05) is 13.8 Å². The summed E-state index contributed by atoms with van der Waals surface area (Å²) in [6.07, 6.45) is 4.20. The molecule has 0 aliphatic rings. The fourth-order valence-electron chi connectivity index (χ4n) is 2.18. The number of aryl methyl sites for hydroxylation is 1. The van der Waals surface area contributed by atoms with Gasteiger partial charge in [-0.15, -0.1) is 0 Å². The Balaban J connectivity index is 0.00000100. The Kier molecular flexibility index (Phi) is 4.93. The van der Waals surface area contributed by atoms with Crippen molar-refractivity contribution in [3.63, 3.8) is 0 Å². The van der Waals surface area contributed by atoms with Gasteiger partial charge in [0.1, 0.15) is 17.9 Å². The van der Waals surface area contributed by atoms with E-state index in [2.05, 4.69) is 20.1 Å². The molecule has 0 spiro atoms. The molecule has 3 aromatic heterocycles. The minimum atomic E-state index is -1.54. The van der Waals surface area contributed by atoms with Crippen molar-refractivity contribution in [3.05, 3.63) is 30.1 Å². The summed E-state index contributed by atoms with van der Waals surface area (Å²) in [5.41, 5.74) is 0.439. The number of nitrogens with one attached hydrogen (secondary N) is 1. The normalized spacial score (nSPS) is 10.2. The van der Waals surface area contributed by atoms with Gasteiger partial charge in [-0.05, 0) is 6.92 Å². The van der Waals surface area contributed by atoms with Crippen molar-refractivity contribution in [1.82, 2.24) is 24.7 Å². The Morgan fingerprint density at radius 3 is 2.54 bits per heavy atom. The van der Waals surface area contributed by atoms with Crippen LogP contribution in [-0.4, -0.2) is 48.7 Å². The Labute approximate surface area is 137 Å². The van der Waals surface area contributed by atoms with E-state index < -0.39 is 11.8 Å². The first-order valence-corrected chi connectivity index (χ1v) is 7.23. The zero-order valence-corrected chi connectivity index (χ0v) is 13.7. The predicted octanol–water partition coefficient (Wildman–Crippen LogP) is 1.75. The average Bonchev–Trinajstić information content (AvgIpc) is 3.21. The number of methoxy groups -OCH3 is 1. The Morgan fingerprint density at radius 2 is 2.00 bits per heavy atom. The molecule has 2 N–H and O–H groups in total. The number of rotatable bonds is 4. The zero-order chi connectivity index (χ0) is 17.9. The van der Waals surface area contributed by atoms with Gasteiger partial charge < -0.3 is 14.8 Å². The first-order valence-electron chi connectivity index (χ1n) is 7.23. The van der Waals surface area contributed by atoms with Crippen LogP contribution in [0.5, 0.6) is 5.75 Å². The maximum Gasteiger partial charge on any atom is 0.377 e. The van der Waals surface area contributed by atoms with Crippen LogP contribution in [0.3, 0.4) is 0 Å². The molecule has 9 nitrogen and oxygen atoms in total. The lowest BCUT2D eigenvalue weighted by atomic mass is 10.1. The van der Waals surface area contributed by atoms with Gasteiger partial charge in [-0.2, -0.15) is 5.10 Å². The zero-order valence-electron chi connectivity index (χ0n) is 13.7. The van der Waals surface area contributed by atoms with Gasteiger partial charge in [0.2, 0.25) is 0 Å². The van der Waals surface area contributed by atoms with Gasteiger partial charge in [0.05, 0.1) is 29.8 Å². The van der Waals surface area contributed by atoms with E-state index in [9.17, 15) is 9.59 Å². The number of carbonyl (C=O) groups is 2. The molecule has 0 bridgehead atoms. The van der Waals surface area contributed by atoms with E-state index in [1.54, 1.807) is 6.92 Å². The van der Waals surface area contributed by atoms with Crippen LogP contribution in [0.4, 0.5) is 0 Å². The number of H-pyrrole nitrogens is 1. The van der Waals surface area contributed by atoms with Crippen molar-refractivity contribution >= 4 is 22.7 Å². The number of Topliss-reactive ketones (excluding diaryl/α,β-unsaturated/α-hetero) is 1. The van der Waals surface area contributed by atoms with E-state index in [0.717, 1.165) is 0 Å². The number of carbonyl (C=O) groups excluding carboxylic acids is 1.